The number of carbonyl (C=O) groups excluding carboxylic acids is 1. The predicted octanol–water partition coefficient (Wildman–Crippen LogP) is 6.01. The van der Waals surface area contributed by atoms with Crippen LogP contribution in [0, 0.1) is 17.8 Å². The number of ketones is 1. The van der Waals surface area contributed by atoms with E-state index in [1.165, 1.54) is 11.1 Å². The van der Waals surface area contributed by atoms with Crippen LogP contribution in [-0.4, -0.2) is 5.78 Å². The lowest BCUT2D eigenvalue weighted by Gasteiger charge is -2.30. The monoisotopic (exact) mass is 318 g/mol. The Morgan fingerprint density at radius 2 is 1.54 bits per heavy atom. The smallest absolute Gasteiger partial charge is 0.162 e. The Hall–Kier alpha value is -2.15. The molecule has 0 aromatic heterocycles. The zero-order chi connectivity index (χ0) is 17.1. The molecule has 124 valence electrons. The van der Waals surface area contributed by atoms with Gasteiger partial charge in [0.1, 0.15) is 0 Å². The maximum Gasteiger partial charge on any atom is 0.162 e. The van der Waals surface area contributed by atoms with Crippen LogP contribution in [0.3, 0.4) is 0 Å². The summed E-state index contributed by atoms with van der Waals surface area (Å²) in [5.74, 6) is 1.34. The number of rotatable bonds is 3. The number of benzene rings is 2. The van der Waals surface area contributed by atoms with Crippen molar-refractivity contribution in [1.29, 1.82) is 0 Å². The molecular weight excluding hydrogens is 292 g/mol. The summed E-state index contributed by atoms with van der Waals surface area (Å²) >= 11 is 0. The number of hydrogen-bond donors (Lipinski definition) is 0. The van der Waals surface area contributed by atoms with E-state index in [-0.39, 0.29) is 5.92 Å². The highest BCUT2D eigenvalue weighted by Crippen LogP contribution is 2.35. The fourth-order valence-corrected chi connectivity index (χ4v) is 3.60. The van der Waals surface area contributed by atoms with E-state index < -0.39 is 0 Å². The number of Topliss-reactive ketones (excluding diaryl/α,β-unsaturated/α-hetero) is 1. The Kier molecular flexibility index (Phi) is 4.99. The molecule has 1 unspecified atom stereocenters. The quantitative estimate of drug-likeness (QED) is 0.633. The second kappa shape index (κ2) is 7.17. The van der Waals surface area contributed by atoms with Crippen LogP contribution >= 0.6 is 0 Å². The Labute approximate surface area is 145 Å². The number of allylic oxidation sites excluding steroid dienone is 1. The second-order valence-corrected chi connectivity index (χ2v) is 7.28. The molecule has 1 saturated carbocycles. The number of hydrogen-bond acceptors (Lipinski definition) is 1. The average molecular weight is 318 g/mol. The van der Waals surface area contributed by atoms with E-state index >= 15 is 0 Å². The van der Waals surface area contributed by atoms with Gasteiger partial charge in [0.2, 0.25) is 0 Å². The van der Waals surface area contributed by atoms with Crippen molar-refractivity contribution in [2.24, 2.45) is 17.8 Å². The summed E-state index contributed by atoms with van der Waals surface area (Å²) in [5, 5.41) is 0. The second-order valence-electron chi connectivity index (χ2n) is 7.28. The molecule has 0 bridgehead atoms. The highest BCUT2D eigenvalue weighted by Gasteiger charge is 2.32. The van der Waals surface area contributed by atoms with Gasteiger partial charge < -0.3 is 0 Å². The summed E-state index contributed by atoms with van der Waals surface area (Å²) in [6.45, 7) is 6.49. The van der Waals surface area contributed by atoms with Crippen molar-refractivity contribution in [2.75, 3.05) is 0 Å². The van der Waals surface area contributed by atoms with Crippen molar-refractivity contribution < 1.29 is 4.79 Å². The molecule has 0 radical (unpaired) electrons. The maximum atomic E-state index is 12.8. The summed E-state index contributed by atoms with van der Waals surface area (Å²) in [4.78, 5) is 12.8. The van der Waals surface area contributed by atoms with Gasteiger partial charge in [-0.15, -0.1) is 0 Å². The summed E-state index contributed by atoms with van der Waals surface area (Å²) in [5.41, 5.74) is 4.56. The van der Waals surface area contributed by atoms with Crippen molar-refractivity contribution in [3.63, 3.8) is 0 Å². The summed E-state index contributed by atoms with van der Waals surface area (Å²) in [6, 6.07) is 18.9. The Balaban J connectivity index is 1.86. The van der Waals surface area contributed by atoms with E-state index in [9.17, 15) is 4.79 Å². The summed E-state index contributed by atoms with van der Waals surface area (Å²) in [6.07, 6.45) is 4.25. The molecule has 0 aliphatic heterocycles. The van der Waals surface area contributed by atoms with Gasteiger partial charge in [0, 0.05) is 5.92 Å². The van der Waals surface area contributed by atoms with Gasteiger partial charge in [0.15, 0.2) is 5.78 Å². The van der Waals surface area contributed by atoms with E-state index in [0.717, 1.165) is 24.0 Å². The molecule has 1 aliphatic carbocycles. The zero-order valence-electron chi connectivity index (χ0n) is 14.8. The normalized spacial score (nSPS) is 23.0. The highest BCUT2D eigenvalue weighted by atomic mass is 16.1. The largest absolute Gasteiger partial charge is 0.294 e. The Morgan fingerprint density at radius 1 is 0.917 bits per heavy atom. The van der Waals surface area contributed by atoms with Gasteiger partial charge in [0.05, 0.1) is 0 Å². The molecule has 0 spiro atoms. The fraction of sp³-hybridized carbons (Fsp3) is 0.348. The average Bonchev–Trinajstić information content (AvgIpc) is 2.59. The van der Waals surface area contributed by atoms with Crippen molar-refractivity contribution >= 4 is 11.9 Å². The van der Waals surface area contributed by atoms with Gasteiger partial charge in [-0.3, -0.25) is 4.79 Å². The molecule has 0 amide bonds. The van der Waals surface area contributed by atoms with E-state index in [0.29, 0.717) is 17.6 Å². The molecule has 2 aromatic rings. The van der Waals surface area contributed by atoms with Gasteiger partial charge in [-0.05, 0) is 53.0 Å². The molecule has 1 fully saturated rings. The lowest BCUT2D eigenvalue weighted by Crippen LogP contribution is -2.30. The Bertz CT molecular complexity index is 722. The third-order valence-electron chi connectivity index (χ3n) is 5.21. The van der Waals surface area contributed by atoms with Crippen molar-refractivity contribution in [3.05, 3.63) is 65.7 Å². The van der Waals surface area contributed by atoms with Crippen LogP contribution in [0.1, 0.15) is 39.2 Å². The molecule has 1 aliphatic rings. The lowest BCUT2D eigenvalue weighted by atomic mass is 9.73. The van der Waals surface area contributed by atoms with Crippen LogP contribution < -0.4 is 0 Å². The minimum Gasteiger partial charge on any atom is -0.294 e. The lowest BCUT2D eigenvalue weighted by molar-refractivity contribution is -0.122. The van der Waals surface area contributed by atoms with Gasteiger partial charge in [-0.2, -0.15) is 0 Å². The van der Waals surface area contributed by atoms with Crippen LogP contribution in [-0.2, 0) is 4.79 Å². The molecule has 2 atom stereocenters. The molecule has 0 heterocycles. The Morgan fingerprint density at radius 3 is 2.17 bits per heavy atom. The summed E-state index contributed by atoms with van der Waals surface area (Å²) in [7, 11) is 0. The molecule has 3 rings (SSSR count). The highest BCUT2D eigenvalue weighted by molar-refractivity contribution is 6.02. The third kappa shape index (κ3) is 3.51. The van der Waals surface area contributed by atoms with Crippen LogP contribution in [0.2, 0.25) is 0 Å². The fourth-order valence-electron chi connectivity index (χ4n) is 3.60. The third-order valence-corrected chi connectivity index (χ3v) is 5.21. The van der Waals surface area contributed by atoms with Crippen LogP contribution in [0.5, 0.6) is 0 Å². The minimum absolute atomic E-state index is 0.191. The van der Waals surface area contributed by atoms with E-state index in [2.05, 4.69) is 75.4 Å². The maximum absolute atomic E-state index is 12.8. The predicted molar refractivity (Wildman–Crippen MR) is 102 cm³/mol. The molecule has 2 aromatic carbocycles. The first-order chi connectivity index (χ1) is 11.6. The molecule has 0 N–H and O–H groups in total. The first-order valence-corrected chi connectivity index (χ1v) is 8.97. The SMILES string of the molecule is CC1CC[C@H](C(C)C)C(=O)C1=Cc1ccc(-c2ccccc2)cc1. The van der Waals surface area contributed by atoms with Crippen molar-refractivity contribution in [3.8, 4) is 11.1 Å². The van der Waals surface area contributed by atoms with Gasteiger partial charge in [0.25, 0.3) is 0 Å². The van der Waals surface area contributed by atoms with Crippen molar-refractivity contribution in [1.82, 2.24) is 0 Å². The van der Waals surface area contributed by atoms with E-state index in [1.807, 2.05) is 6.07 Å². The van der Waals surface area contributed by atoms with Gasteiger partial charge in [-0.1, -0.05) is 75.4 Å². The molecule has 1 nitrogen and oxygen atoms in total. The van der Waals surface area contributed by atoms with E-state index in [1.54, 1.807) is 0 Å². The summed E-state index contributed by atoms with van der Waals surface area (Å²) < 4.78 is 0. The molecule has 0 saturated heterocycles. The minimum atomic E-state index is 0.191. The number of carbonyl (C=O) groups is 1. The molecular formula is C23H26O. The van der Waals surface area contributed by atoms with E-state index in [4.69, 9.17) is 0 Å². The van der Waals surface area contributed by atoms with Gasteiger partial charge in [-0.25, -0.2) is 0 Å². The first kappa shape index (κ1) is 16.7. The van der Waals surface area contributed by atoms with Crippen LogP contribution in [0.15, 0.2) is 60.2 Å². The zero-order valence-corrected chi connectivity index (χ0v) is 14.8. The molecule has 24 heavy (non-hydrogen) atoms. The molecule has 1 heteroatoms. The van der Waals surface area contributed by atoms with Gasteiger partial charge >= 0.3 is 0 Å². The van der Waals surface area contributed by atoms with Crippen molar-refractivity contribution in [2.45, 2.75) is 33.6 Å². The standard InChI is InChI=1S/C23H26O/c1-16(2)21-14-9-17(3)22(23(21)24)15-18-10-12-20(13-11-18)19-7-5-4-6-8-19/h4-8,10-13,15-17,21H,9,14H2,1-3H3/t17?,21-/m1/s1. The first-order valence-electron chi connectivity index (χ1n) is 8.97. The topological polar surface area (TPSA) is 17.1 Å². The van der Waals surface area contributed by atoms with Crippen LogP contribution in [0.4, 0.5) is 0 Å². The van der Waals surface area contributed by atoms with Crippen LogP contribution in [0.25, 0.3) is 17.2 Å².